The molecule has 106 valence electrons. The number of carbonyl (C=O) groups excluding carboxylic acids is 1. The fourth-order valence-corrected chi connectivity index (χ4v) is 2.51. The molecular formula is C13H17BrClFN2O. The first-order valence-electron chi connectivity index (χ1n) is 6.11. The number of rotatable bonds is 3. The van der Waals surface area contributed by atoms with Crippen molar-refractivity contribution in [1.29, 1.82) is 0 Å². The highest BCUT2D eigenvalue weighted by molar-refractivity contribution is 9.10. The molecule has 1 fully saturated rings. The van der Waals surface area contributed by atoms with Gasteiger partial charge in [-0.3, -0.25) is 4.79 Å². The molecule has 0 saturated carbocycles. The number of piperidine rings is 1. The third-order valence-corrected chi connectivity index (χ3v) is 3.74. The molecule has 2 N–H and O–H groups in total. The summed E-state index contributed by atoms with van der Waals surface area (Å²) in [4.78, 5) is 11.8. The number of halogens is 3. The van der Waals surface area contributed by atoms with Gasteiger partial charge in [0.05, 0.1) is 4.47 Å². The van der Waals surface area contributed by atoms with E-state index in [0.717, 1.165) is 25.9 Å². The van der Waals surface area contributed by atoms with Crippen LogP contribution in [0.25, 0.3) is 0 Å². The number of hydrogen-bond donors (Lipinski definition) is 2. The van der Waals surface area contributed by atoms with Crippen LogP contribution >= 0.6 is 28.3 Å². The van der Waals surface area contributed by atoms with Crippen LogP contribution in [0.5, 0.6) is 0 Å². The first-order chi connectivity index (χ1) is 8.65. The van der Waals surface area contributed by atoms with Gasteiger partial charge in [0.2, 0.25) is 5.91 Å². The lowest BCUT2D eigenvalue weighted by Crippen LogP contribution is -2.30. The highest BCUT2D eigenvalue weighted by Crippen LogP contribution is 2.21. The van der Waals surface area contributed by atoms with Gasteiger partial charge in [0.15, 0.2) is 0 Å². The fourth-order valence-electron chi connectivity index (χ4n) is 2.13. The summed E-state index contributed by atoms with van der Waals surface area (Å²) in [5.41, 5.74) is 0.627. The standard InChI is InChI=1S/C13H16BrFN2O.ClH/c14-11-8-10(1-2-12(11)15)17-13(18)7-9-3-5-16-6-4-9;/h1-2,8-9,16H,3-7H2,(H,17,18);1H. The summed E-state index contributed by atoms with van der Waals surface area (Å²) in [6.07, 6.45) is 2.62. The molecule has 6 heteroatoms. The van der Waals surface area contributed by atoms with Gasteiger partial charge < -0.3 is 10.6 Å². The zero-order chi connectivity index (χ0) is 13.0. The maximum Gasteiger partial charge on any atom is 0.224 e. The minimum absolute atomic E-state index is 0. The van der Waals surface area contributed by atoms with Crippen molar-refractivity contribution in [2.45, 2.75) is 19.3 Å². The molecule has 1 heterocycles. The molecule has 0 unspecified atom stereocenters. The number of amides is 1. The van der Waals surface area contributed by atoms with E-state index in [1.54, 1.807) is 12.1 Å². The van der Waals surface area contributed by atoms with Crippen molar-refractivity contribution in [3.05, 3.63) is 28.5 Å². The lowest BCUT2D eigenvalue weighted by molar-refractivity contribution is -0.117. The Labute approximate surface area is 126 Å². The molecule has 0 spiro atoms. The Bertz CT molecular complexity index is 439. The lowest BCUT2D eigenvalue weighted by Gasteiger charge is -2.21. The van der Waals surface area contributed by atoms with E-state index in [4.69, 9.17) is 0 Å². The minimum atomic E-state index is -0.327. The SMILES string of the molecule is Cl.O=C(CC1CCNCC1)Nc1ccc(F)c(Br)c1. The smallest absolute Gasteiger partial charge is 0.224 e. The Hall–Kier alpha value is -0.650. The minimum Gasteiger partial charge on any atom is -0.326 e. The first-order valence-corrected chi connectivity index (χ1v) is 6.90. The van der Waals surface area contributed by atoms with Crippen LogP contribution in [-0.4, -0.2) is 19.0 Å². The maximum absolute atomic E-state index is 13.0. The van der Waals surface area contributed by atoms with E-state index in [2.05, 4.69) is 26.6 Å². The van der Waals surface area contributed by atoms with Crippen molar-refractivity contribution in [3.63, 3.8) is 0 Å². The normalized spacial score (nSPS) is 15.7. The van der Waals surface area contributed by atoms with Crippen LogP contribution in [0.1, 0.15) is 19.3 Å². The molecule has 0 bridgehead atoms. The molecule has 3 nitrogen and oxygen atoms in total. The summed E-state index contributed by atoms with van der Waals surface area (Å²) in [7, 11) is 0. The van der Waals surface area contributed by atoms with Gasteiger partial charge in [0, 0.05) is 12.1 Å². The Balaban J connectivity index is 0.00000180. The second-order valence-electron chi connectivity index (χ2n) is 4.57. The highest BCUT2D eigenvalue weighted by atomic mass is 79.9. The second-order valence-corrected chi connectivity index (χ2v) is 5.43. The molecule has 1 aliphatic rings. The molecule has 1 aromatic carbocycles. The van der Waals surface area contributed by atoms with Crippen molar-refractivity contribution in [2.75, 3.05) is 18.4 Å². The van der Waals surface area contributed by atoms with Crippen molar-refractivity contribution in [3.8, 4) is 0 Å². The van der Waals surface area contributed by atoms with Crippen LogP contribution in [0.4, 0.5) is 10.1 Å². The van der Waals surface area contributed by atoms with Crippen LogP contribution in [0.3, 0.4) is 0 Å². The predicted octanol–water partition coefficient (Wildman–Crippen LogP) is 3.34. The molecule has 1 saturated heterocycles. The molecule has 1 amide bonds. The second kappa shape index (κ2) is 7.82. The quantitative estimate of drug-likeness (QED) is 0.877. The van der Waals surface area contributed by atoms with E-state index in [1.807, 2.05) is 0 Å². The molecule has 1 aromatic rings. The van der Waals surface area contributed by atoms with Crippen LogP contribution < -0.4 is 10.6 Å². The van der Waals surface area contributed by atoms with Gasteiger partial charge in [0.1, 0.15) is 5.82 Å². The molecular weight excluding hydrogens is 335 g/mol. The van der Waals surface area contributed by atoms with E-state index in [1.165, 1.54) is 6.07 Å². The monoisotopic (exact) mass is 350 g/mol. The molecule has 0 atom stereocenters. The molecule has 0 radical (unpaired) electrons. The van der Waals surface area contributed by atoms with E-state index in [9.17, 15) is 9.18 Å². The highest BCUT2D eigenvalue weighted by Gasteiger charge is 2.16. The zero-order valence-electron chi connectivity index (χ0n) is 10.4. The summed E-state index contributed by atoms with van der Waals surface area (Å²) >= 11 is 3.10. The number of nitrogens with one attached hydrogen (secondary N) is 2. The van der Waals surface area contributed by atoms with Gasteiger partial charge in [-0.25, -0.2) is 4.39 Å². The largest absolute Gasteiger partial charge is 0.326 e. The van der Waals surface area contributed by atoms with Crippen molar-refractivity contribution < 1.29 is 9.18 Å². The van der Waals surface area contributed by atoms with Gasteiger partial charge in [-0.15, -0.1) is 12.4 Å². The van der Waals surface area contributed by atoms with Gasteiger partial charge in [0.25, 0.3) is 0 Å². The summed E-state index contributed by atoms with van der Waals surface area (Å²) in [5, 5.41) is 6.07. The van der Waals surface area contributed by atoms with Crippen LogP contribution in [0.15, 0.2) is 22.7 Å². The van der Waals surface area contributed by atoms with Gasteiger partial charge in [-0.05, 0) is 66.0 Å². The Morgan fingerprint density at radius 2 is 2.11 bits per heavy atom. The van der Waals surface area contributed by atoms with Gasteiger partial charge >= 0.3 is 0 Å². The summed E-state index contributed by atoms with van der Waals surface area (Å²) in [6.45, 7) is 1.97. The Morgan fingerprint density at radius 1 is 1.42 bits per heavy atom. The fraction of sp³-hybridized carbons (Fsp3) is 0.462. The third-order valence-electron chi connectivity index (χ3n) is 3.14. The van der Waals surface area contributed by atoms with Crippen molar-refractivity contribution in [1.82, 2.24) is 5.32 Å². The average Bonchev–Trinajstić information content (AvgIpc) is 2.35. The predicted molar refractivity (Wildman–Crippen MR) is 80.2 cm³/mol. The van der Waals surface area contributed by atoms with Crippen molar-refractivity contribution in [2.24, 2.45) is 5.92 Å². The third kappa shape index (κ3) is 5.09. The Morgan fingerprint density at radius 3 is 2.74 bits per heavy atom. The number of anilines is 1. The number of hydrogen-bond acceptors (Lipinski definition) is 2. The van der Waals surface area contributed by atoms with E-state index in [-0.39, 0.29) is 24.1 Å². The summed E-state index contributed by atoms with van der Waals surface area (Å²) in [6, 6.07) is 4.49. The van der Waals surface area contributed by atoms with E-state index < -0.39 is 0 Å². The lowest BCUT2D eigenvalue weighted by atomic mass is 9.94. The van der Waals surface area contributed by atoms with Crippen LogP contribution in [0, 0.1) is 11.7 Å². The van der Waals surface area contributed by atoms with E-state index >= 15 is 0 Å². The summed E-state index contributed by atoms with van der Waals surface area (Å²) in [5.74, 6) is 0.127. The van der Waals surface area contributed by atoms with E-state index in [0.29, 0.717) is 22.5 Å². The first kappa shape index (κ1) is 16.4. The number of carbonyl (C=O) groups is 1. The molecule has 19 heavy (non-hydrogen) atoms. The molecule has 0 aromatic heterocycles. The van der Waals surface area contributed by atoms with Crippen LogP contribution in [0.2, 0.25) is 0 Å². The molecule has 2 rings (SSSR count). The zero-order valence-corrected chi connectivity index (χ0v) is 12.8. The topological polar surface area (TPSA) is 41.1 Å². The number of benzene rings is 1. The maximum atomic E-state index is 13.0. The average molecular weight is 352 g/mol. The van der Waals surface area contributed by atoms with Gasteiger partial charge in [-0.1, -0.05) is 0 Å². The molecule has 1 aliphatic heterocycles. The Kier molecular flexibility index (Phi) is 6.75. The van der Waals surface area contributed by atoms with Gasteiger partial charge in [-0.2, -0.15) is 0 Å². The summed E-state index contributed by atoms with van der Waals surface area (Å²) < 4.78 is 13.4. The van der Waals surface area contributed by atoms with Crippen LogP contribution in [-0.2, 0) is 4.79 Å². The molecule has 0 aliphatic carbocycles. The van der Waals surface area contributed by atoms with Crippen molar-refractivity contribution >= 4 is 39.9 Å².